The zero-order chi connectivity index (χ0) is 17.7. The van der Waals surface area contributed by atoms with E-state index in [0.29, 0.717) is 14.2 Å². The number of esters is 1. The molecule has 0 fully saturated rings. The highest BCUT2D eigenvalue weighted by Gasteiger charge is 2.17. The molecule has 7 heteroatoms. The van der Waals surface area contributed by atoms with Crippen molar-refractivity contribution in [3.05, 3.63) is 55.9 Å². The number of nitrogens with zero attached hydrogens (tertiary/aromatic N) is 1. The summed E-state index contributed by atoms with van der Waals surface area (Å²) in [6, 6.07) is 9.53. The Bertz CT molecular complexity index is 820. The molecule has 0 atom stereocenters. The molecule has 0 saturated heterocycles. The SMILES string of the molecule is CCOC(=O)Cc1ccc(I)c(Oc2cc(Cl)cc(C#N)c2)c1F. The van der Waals surface area contributed by atoms with Gasteiger partial charge in [0, 0.05) is 10.6 Å². The van der Waals surface area contributed by atoms with E-state index in [-0.39, 0.29) is 30.1 Å². The Morgan fingerprint density at radius 1 is 1.38 bits per heavy atom. The predicted octanol–water partition coefficient (Wildman–Crippen LogP) is 4.85. The van der Waals surface area contributed by atoms with Crippen molar-refractivity contribution in [2.45, 2.75) is 13.3 Å². The maximum atomic E-state index is 14.7. The number of carbonyl (C=O) groups excluding carboxylic acids is 1. The molecule has 0 bridgehead atoms. The van der Waals surface area contributed by atoms with Crippen LogP contribution in [0.4, 0.5) is 4.39 Å². The second kappa shape index (κ2) is 8.31. The second-order valence-corrected chi connectivity index (χ2v) is 6.32. The molecule has 0 N–H and O–H groups in total. The van der Waals surface area contributed by atoms with Gasteiger partial charge in [-0.25, -0.2) is 4.39 Å². The average Bonchev–Trinajstić information content (AvgIpc) is 2.54. The summed E-state index contributed by atoms with van der Waals surface area (Å²) >= 11 is 7.85. The standard InChI is InChI=1S/C17H12ClFINO3/c1-2-23-15(22)7-11-3-4-14(20)17(16(11)19)24-13-6-10(9-21)5-12(18)8-13/h3-6,8H,2,7H2,1H3. The summed E-state index contributed by atoms with van der Waals surface area (Å²) in [5.41, 5.74) is 0.474. The lowest BCUT2D eigenvalue weighted by Crippen LogP contribution is -2.09. The molecule has 0 aliphatic carbocycles. The van der Waals surface area contributed by atoms with Crippen LogP contribution in [-0.2, 0) is 16.0 Å². The van der Waals surface area contributed by atoms with E-state index in [2.05, 4.69) is 0 Å². The molecule has 0 radical (unpaired) electrons. The zero-order valence-electron chi connectivity index (χ0n) is 12.6. The highest BCUT2D eigenvalue weighted by molar-refractivity contribution is 14.1. The molecule has 24 heavy (non-hydrogen) atoms. The van der Waals surface area contributed by atoms with Gasteiger partial charge in [-0.3, -0.25) is 4.79 Å². The van der Waals surface area contributed by atoms with E-state index in [4.69, 9.17) is 26.3 Å². The molecule has 2 aromatic carbocycles. The van der Waals surface area contributed by atoms with E-state index in [9.17, 15) is 9.18 Å². The Morgan fingerprint density at radius 2 is 2.12 bits per heavy atom. The number of hydrogen-bond acceptors (Lipinski definition) is 4. The van der Waals surface area contributed by atoms with Crippen molar-refractivity contribution in [1.29, 1.82) is 5.26 Å². The third-order valence-corrected chi connectivity index (χ3v) is 4.06. The van der Waals surface area contributed by atoms with Crippen LogP contribution in [0.5, 0.6) is 11.5 Å². The van der Waals surface area contributed by atoms with Crippen molar-refractivity contribution >= 4 is 40.2 Å². The maximum absolute atomic E-state index is 14.7. The molecule has 0 aliphatic heterocycles. The second-order valence-electron chi connectivity index (χ2n) is 4.72. The Hall–Kier alpha value is -1.85. The summed E-state index contributed by atoms with van der Waals surface area (Å²) in [6.45, 7) is 1.91. The lowest BCUT2D eigenvalue weighted by atomic mass is 10.1. The summed E-state index contributed by atoms with van der Waals surface area (Å²) in [7, 11) is 0. The Balaban J connectivity index is 2.35. The highest BCUT2D eigenvalue weighted by atomic mass is 127. The minimum atomic E-state index is -0.645. The smallest absolute Gasteiger partial charge is 0.310 e. The fraction of sp³-hybridized carbons (Fsp3) is 0.176. The Morgan fingerprint density at radius 3 is 2.79 bits per heavy atom. The summed E-state index contributed by atoms with van der Waals surface area (Å²) in [5.74, 6) is -0.945. The first kappa shape index (κ1) is 18.5. The van der Waals surface area contributed by atoms with Gasteiger partial charge in [-0.1, -0.05) is 17.7 Å². The van der Waals surface area contributed by atoms with Crippen molar-refractivity contribution in [3.8, 4) is 17.6 Å². The van der Waals surface area contributed by atoms with Crippen molar-refractivity contribution in [1.82, 2.24) is 0 Å². The molecule has 2 aromatic rings. The molecule has 0 saturated carbocycles. The molecular weight excluding hydrogens is 448 g/mol. The van der Waals surface area contributed by atoms with Crippen LogP contribution < -0.4 is 4.74 Å². The van der Waals surface area contributed by atoms with Crippen LogP contribution >= 0.6 is 34.2 Å². The maximum Gasteiger partial charge on any atom is 0.310 e. The normalized spacial score (nSPS) is 10.1. The van der Waals surface area contributed by atoms with Gasteiger partial charge in [-0.05, 0) is 53.8 Å². The van der Waals surface area contributed by atoms with Crippen LogP contribution in [0.3, 0.4) is 0 Å². The van der Waals surface area contributed by atoms with Gasteiger partial charge in [0.15, 0.2) is 11.6 Å². The molecule has 4 nitrogen and oxygen atoms in total. The van der Waals surface area contributed by atoms with Gasteiger partial charge < -0.3 is 9.47 Å². The first-order valence-corrected chi connectivity index (χ1v) is 8.41. The van der Waals surface area contributed by atoms with Gasteiger partial charge in [0.25, 0.3) is 0 Å². The third kappa shape index (κ3) is 4.58. The average molecular weight is 460 g/mol. The minimum absolute atomic E-state index is 0.0245. The number of hydrogen-bond donors (Lipinski definition) is 0. The van der Waals surface area contributed by atoms with Crippen molar-refractivity contribution < 1.29 is 18.7 Å². The third-order valence-electron chi connectivity index (χ3n) is 2.99. The quantitative estimate of drug-likeness (QED) is 0.474. The van der Waals surface area contributed by atoms with E-state index < -0.39 is 11.8 Å². The molecular formula is C17H12ClFINO3. The van der Waals surface area contributed by atoms with Crippen molar-refractivity contribution in [2.24, 2.45) is 0 Å². The zero-order valence-corrected chi connectivity index (χ0v) is 15.5. The summed E-state index contributed by atoms with van der Waals surface area (Å²) in [5, 5.41) is 9.27. The molecule has 2 rings (SSSR count). The summed E-state index contributed by atoms with van der Waals surface area (Å²) in [4.78, 5) is 11.6. The Kier molecular flexibility index (Phi) is 6.40. The van der Waals surface area contributed by atoms with Crippen LogP contribution in [0.2, 0.25) is 5.02 Å². The van der Waals surface area contributed by atoms with Gasteiger partial charge in [-0.15, -0.1) is 0 Å². The molecule has 0 unspecified atom stereocenters. The van der Waals surface area contributed by atoms with Gasteiger partial charge in [0.2, 0.25) is 0 Å². The van der Waals surface area contributed by atoms with Gasteiger partial charge >= 0.3 is 5.97 Å². The molecule has 0 spiro atoms. The van der Waals surface area contributed by atoms with Crippen LogP contribution in [-0.4, -0.2) is 12.6 Å². The van der Waals surface area contributed by atoms with Crippen LogP contribution in [0.15, 0.2) is 30.3 Å². The van der Waals surface area contributed by atoms with E-state index in [0.717, 1.165) is 0 Å². The molecule has 0 amide bonds. The molecule has 0 aromatic heterocycles. The lowest BCUT2D eigenvalue weighted by molar-refractivity contribution is -0.142. The van der Waals surface area contributed by atoms with E-state index in [1.807, 2.05) is 28.7 Å². The monoisotopic (exact) mass is 459 g/mol. The van der Waals surface area contributed by atoms with Gasteiger partial charge in [-0.2, -0.15) is 5.26 Å². The van der Waals surface area contributed by atoms with E-state index in [1.54, 1.807) is 13.0 Å². The topological polar surface area (TPSA) is 59.3 Å². The van der Waals surface area contributed by atoms with Crippen LogP contribution in [0, 0.1) is 20.7 Å². The fourth-order valence-corrected chi connectivity index (χ4v) is 2.73. The highest BCUT2D eigenvalue weighted by Crippen LogP contribution is 2.33. The van der Waals surface area contributed by atoms with Crippen molar-refractivity contribution in [3.63, 3.8) is 0 Å². The summed E-state index contributed by atoms with van der Waals surface area (Å²) < 4.78 is 25.6. The fourth-order valence-electron chi connectivity index (χ4n) is 1.97. The first-order valence-electron chi connectivity index (χ1n) is 6.95. The number of halogens is 3. The van der Waals surface area contributed by atoms with Crippen LogP contribution in [0.1, 0.15) is 18.1 Å². The lowest BCUT2D eigenvalue weighted by Gasteiger charge is -2.12. The molecule has 124 valence electrons. The van der Waals surface area contributed by atoms with E-state index in [1.165, 1.54) is 24.3 Å². The molecule has 0 heterocycles. The number of benzene rings is 2. The van der Waals surface area contributed by atoms with Gasteiger partial charge in [0.1, 0.15) is 5.75 Å². The number of ether oxygens (including phenoxy) is 2. The summed E-state index contributed by atoms with van der Waals surface area (Å²) in [6.07, 6.45) is -0.189. The van der Waals surface area contributed by atoms with E-state index >= 15 is 0 Å². The van der Waals surface area contributed by atoms with Gasteiger partial charge in [0.05, 0.1) is 28.2 Å². The number of carbonyl (C=O) groups is 1. The minimum Gasteiger partial charge on any atom is -0.466 e. The van der Waals surface area contributed by atoms with Crippen LogP contribution in [0.25, 0.3) is 0 Å². The first-order chi connectivity index (χ1) is 11.4. The predicted molar refractivity (Wildman–Crippen MR) is 95.7 cm³/mol. The molecule has 0 aliphatic rings. The largest absolute Gasteiger partial charge is 0.466 e. The van der Waals surface area contributed by atoms with Crippen molar-refractivity contribution in [2.75, 3.05) is 6.61 Å². The number of nitriles is 1. The number of rotatable bonds is 5. The Labute approximate surface area is 157 Å².